The number of hydrogen-bond donors (Lipinski definition) is 0. The summed E-state index contributed by atoms with van der Waals surface area (Å²) in [5.41, 5.74) is 3.98. The van der Waals surface area contributed by atoms with Gasteiger partial charge in [0.05, 0.1) is 38.8 Å². The van der Waals surface area contributed by atoms with Crippen molar-refractivity contribution in [2.75, 3.05) is 14.2 Å². The third-order valence-corrected chi connectivity index (χ3v) is 6.88. The Labute approximate surface area is 225 Å². The summed E-state index contributed by atoms with van der Waals surface area (Å²) in [6, 6.07) is 14.4. The third-order valence-electron chi connectivity index (χ3n) is 6.88. The van der Waals surface area contributed by atoms with Crippen LogP contribution in [0.15, 0.2) is 54.6 Å². The highest BCUT2D eigenvalue weighted by molar-refractivity contribution is 5.78. The number of ether oxygens (including phenoxy) is 3. The van der Waals surface area contributed by atoms with Gasteiger partial charge in [0.2, 0.25) is 0 Å². The van der Waals surface area contributed by atoms with Crippen LogP contribution < -0.4 is 4.74 Å². The van der Waals surface area contributed by atoms with E-state index < -0.39 is 30.0 Å². The van der Waals surface area contributed by atoms with E-state index in [0.717, 1.165) is 39.9 Å². The fourth-order valence-electron chi connectivity index (χ4n) is 4.91. The van der Waals surface area contributed by atoms with Crippen molar-refractivity contribution < 1.29 is 37.0 Å². The predicted molar refractivity (Wildman–Crippen MR) is 139 cm³/mol. The molecule has 1 aliphatic rings. The lowest BCUT2D eigenvalue weighted by molar-refractivity contribution is -0.140. The van der Waals surface area contributed by atoms with Crippen molar-refractivity contribution in [3.63, 3.8) is 0 Å². The quantitative estimate of drug-likeness (QED) is 0.308. The Morgan fingerprint density at radius 2 is 1.72 bits per heavy atom. The van der Waals surface area contributed by atoms with Gasteiger partial charge in [0.1, 0.15) is 11.9 Å². The number of alkyl halides is 3. The zero-order valence-electron chi connectivity index (χ0n) is 22.4. The van der Waals surface area contributed by atoms with Crippen LogP contribution >= 0.6 is 0 Å². The molecule has 6 nitrogen and oxygen atoms in total. The van der Waals surface area contributed by atoms with Crippen LogP contribution in [0.1, 0.15) is 46.4 Å². The average Bonchev–Trinajstić information content (AvgIpc) is 3.16. The molecule has 0 aliphatic carbocycles. The van der Waals surface area contributed by atoms with Crippen LogP contribution in [0.25, 0.3) is 11.1 Å². The highest BCUT2D eigenvalue weighted by Gasteiger charge is 2.41. The summed E-state index contributed by atoms with van der Waals surface area (Å²) in [5.74, 6) is 0.211. The van der Waals surface area contributed by atoms with Gasteiger partial charge in [-0.05, 0) is 67.3 Å². The molecule has 3 aromatic carbocycles. The second kappa shape index (κ2) is 11.0. The number of amides is 1. The molecule has 0 radical (unpaired) electrons. The molecule has 0 aromatic heterocycles. The van der Waals surface area contributed by atoms with Crippen LogP contribution in [0.4, 0.5) is 18.0 Å². The van der Waals surface area contributed by atoms with Gasteiger partial charge in [-0.2, -0.15) is 13.2 Å². The van der Waals surface area contributed by atoms with Crippen LogP contribution in [0.3, 0.4) is 0 Å². The molecule has 1 aliphatic heterocycles. The lowest BCUT2D eigenvalue weighted by atomic mass is 9.94. The monoisotopic (exact) mass is 541 g/mol. The van der Waals surface area contributed by atoms with E-state index in [1.807, 2.05) is 31.2 Å². The summed E-state index contributed by atoms with van der Waals surface area (Å²) >= 11 is 0. The molecule has 2 atom stereocenters. The lowest BCUT2D eigenvalue weighted by Gasteiger charge is -2.24. The predicted octanol–water partition coefficient (Wildman–Crippen LogP) is 6.80. The van der Waals surface area contributed by atoms with Gasteiger partial charge in [0.15, 0.2) is 0 Å². The lowest BCUT2D eigenvalue weighted by Crippen LogP contribution is -2.31. The van der Waals surface area contributed by atoms with E-state index in [1.165, 1.54) is 12.0 Å². The number of rotatable bonds is 7. The minimum absolute atomic E-state index is 0.0856. The molecular weight excluding hydrogens is 511 g/mol. The normalized spacial score (nSPS) is 17.2. The number of benzene rings is 3. The Bertz CT molecular complexity index is 1400. The minimum Gasteiger partial charge on any atom is -0.496 e. The number of hydrogen-bond acceptors (Lipinski definition) is 5. The molecule has 1 heterocycles. The second-order valence-corrected chi connectivity index (χ2v) is 9.75. The largest absolute Gasteiger partial charge is 0.496 e. The number of carbonyl (C=O) groups is 2. The van der Waals surface area contributed by atoms with Crippen LogP contribution in [0.5, 0.6) is 5.75 Å². The summed E-state index contributed by atoms with van der Waals surface area (Å²) < 4.78 is 56.3. The summed E-state index contributed by atoms with van der Waals surface area (Å²) in [6.45, 7) is 5.44. The van der Waals surface area contributed by atoms with E-state index in [-0.39, 0.29) is 18.9 Å². The molecule has 0 unspecified atom stereocenters. The topological polar surface area (TPSA) is 65.1 Å². The number of nitrogens with zero attached hydrogens (tertiary/aromatic N) is 1. The molecule has 0 spiro atoms. The molecule has 1 saturated heterocycles. The van der Waals surface area contributed by atoms with E-state index in [1.54, 1.807) is 39.2 Å². The van der Waals surface area contributed by atoms with Crippen molar-refractivity contribution >= 4 is 12.1 Å². The maximum absolute atomic E-state index is 13.4. The van der Waals surface area contributed by atoms with Gasteiger partial charge in [0.25, 0.3) is 0 Å². The van der Waals surface area contributed by atoms with Gasteiger partial charge in [-0.3, -0.25) is 9.69 Å². The molecule has 1 amide bonds. The molecule has 0 saturated carbocycles. The van der Waals surface area contributed by atoms with Crippen LogP contribution in [0.2, 0.25) is 0 Å². The van der Waals surface area contributed by atoms with Crippen molar-refractivity contribution in [1.29, 1.82) is 0 Å². The Hall–Kier alpha value is -4.01. The van der Waals surface area contributed by atoms with Gasteiger partial charge in [-0.25, -0.2) is 4.79 Å². The van der Waals surface area contributed by atoms with Gasteiger partial charge in [-0.1, -0.05) is 41.5 Å². The molecule has 3 aromatic rings. The SMILES string of the molecule is COC(=O)Cc1ccc(OC)c(-c2ccc(C)cc2CN2C(=O)O[C@H](c3cc(C)cc(C(F)(F)F)c3)[C@@H]2C)c1. The van der Waals surface area contributed by atoms with Gasteiger partial charge < -0.3 is 14.2 Å². The van der Waals surface area contributed by atoms with Crippen LogP contribution in [0, 0.1) is 13.8 Å². The van der Waals surface area contributed by atoms with E-state index >= 15 is 0 Å². The first-order chi connectivity index (χ1) is 18.4. The first kappa shape index (κ1) is 28.0. The minimum atomic E-state index is -4.51. The van der Waals surface area contributed by atoms with Crippen molar-refractivity contribution in [1.82, 2.24) is 4.90 Å². The number of methoxy groups -OCH3 is 2. The zero-order chi connectivity index (χ0) is 28.5. The number of esters is 1. The smallest absolute Gasteiger partial charge is 0.416 e. The molecule has 9 heteroatoms. The van der Waals surface area contributed by atoms with E-state index in [2.05, 4.69) is 0 Å². The van der Waals surface area contributed by atoms with Crippen molar-refractivity contribution in [2.24, 2.45) is 0 Å². The zero-order valence-corrected chi connectivity index (χ0v) is 22.4. The molecule has 39 heavy (non-hydrogen) atoms. The maximum atomic E-state index is 13.4. The molecule has 0 N–H and O–H groups in total. The molecule has 4 rings (SSSR count). The van der Waals surface area contributed by atoms with Gasteiger partial charge in [0, 0.05) is 5.56 Å². The third kappa shape index (κ3) is 6.02. The van der Waals surface area contributed by atoms with Crippen molar-refractivity contribution in [3.8, 4) is 16.9 Å². The molecular formula is C30H30F3NO5. The Kier molecular flexibility index (Phi) is 7.90. The van der Waals surface area contributed by atoms with E-state index in [0.29, 0.717) is 16.9 Å². The van der Waals surface area contributed by atoms with Crippen molar-refractivity contribution in [2.45, 2.75) is 52.1 Å². The Balaban J connectivity index is 1.69. The summed E-state index contributed by atoms with van der Waals surface area (Å²) in [6.07, 6.45) is -5.89. The highest BCUT2D eigenvalue weighted by Crippen LogP contribution is 2.40. The standard InChI is InChI=1S/C30H30F3NO5/c1-17-6-8-24(25-13-20(14-27(35)38-5)7-9-26(25)37-4)22(10-17)16-34-19(3)28(39-29(34)36)21-11-18(2)12-23(15-21)30(31,32)33/h6-13,15,19,28H,14,16H2,1-5H3/t19-,28-/m0/s1. The van der Waals surface area contributed by atoms with Gasteiger partial charge >= 0.3 is 18.2 Å². The fraction of sp³-hybridized carbons (Fsp3) is 0.333. The Morgan fingerprint density at radius 3 is 2.38 bits per heavy atom. The van der Waals surface area contributed by atoms with E-state index in [4.69, 9.17) is 14.2 Å². The number of halogens is 3. The van der Waals surface area contributed by atoms with Crippen LogP contribution in [-0.4, -0.2) is 37.2 Å². The van der Waals surface area contributed by atoms with Crippen molar-refractivity contribution in [3.05, 3.63) is 88.0 Å². The van der Waals surface area contributed by atoms with Gasteiger partial charge in [-0.15, -0.1) is 0 Å². The van der Waals surface area contributed by atoms with Crippen LogP contribution in [-0.2, 0) is 33.4 Å². The second-order valence-electron chi connectivity index (χ2n) is 9.75. The number of cyclic esters (lactones) is 1. The summed E-state index contributed by atoms with van der Waals surface area (Å²) in [7, 11) is 2.88. The number of carbonyl (C=O) groups excluding carboxylic acids is 2. The maximum Gasteiger partial charge on any atom is 0.416 e. The first-order valence-electron chi connectivity index (χ1n) is 12.4. The summed E-state index contributed by atoms with van der Waals surface area (Å²) in [5, 5.41) is 0. The molecule has 0 bridgehead atoms. The summed E-state index contributed by atoms with van der Waals surface area (Å²) in [4.78, 5) is 26.4. The van der Waals surface area contributed by atoms with E-state index in [9.17, 15) is 22.8 Å². The Morgan fingerprint density at radius 1 is 0.974 bits per heavy atom. The first-order valence-corrected chi connectivity index (χ1v) is 12.4. The molecule has 206 valence electrons. The average molecular weight is 542 g/mol. The highest BCUT2D eigenvalue weighted by atomic mass is 19.4. The number of aryl methyl sites for hydroxylation is 2. The fourth-order valence-corrected chi connectivity index (χ4v) is 4.91. The molecule has 1 fully saturated rings.